The van der Waals surface area contributed by atoms with Crippen molar-refractivity contribution < 1.29 is 14.0 Å². The number of hydrogen-bond acceptors (Lipinski definition) is 5. The van der Waals surface area contributed by atoms with E-state index in [4.69, 9.17) is 14.0 Å². The highest BCUT2D eigenvalue weighted by atomic mass is 16.6. The first kappa shape index (κ1) is 12.9. The minimum atomic E-state index is -0.387. The molecule has 3 aromatic rings. The first-order valence-corrected chi connectivity index (χ1v) is 7.09. The van der Waals surface area contributed by atoms with Crippen LogP contribution in [0.4, 0.5) is 0 Å². The Balaban J connectivity index is 1.59. The molecule has 1 aliphatic heterocycles. The van der Waals surface area contributed by atoms with Gasteiger partial charge in [-0.15, -0.1) is 0 Å². The summed E-state index contributed by atoms with van der Waals surface area (Å²) in [6.45, 7) is 2.39. The molecule has 1 aliphatic rings. The predicted octanol–water partition coefficient (Wildman–Crippen LogP) is 3.56. The monoisotopic (exact) mass is 294 g/mol. The van der Waals surface area contributed by atoms with Crippen LogP contribution in [0.25, 0.3) is 11.4 Å². The van der Waals surface area contributed by atoms with Gasteiger partial charge in [0.25, 0.3) is 5.89 Å². The van der Waals surface area contributed by atoms with Gasteiger partial charge in [0.1, 0.15) is 6.61 Å². The van der Waals surface area contributed by atoms with Crippen molar-refractivity contribution in [1.29, 1.82) is 0 Å². The number of nitrogens with zero attached hydrogens (tertiary/aromatic N) is 2. The zero-order chi connectivity index (χ0) is 14.9. The van der Waals surface area contributed by atoms with Crippen LogP contribution in [0.15, 0.2) is 53.1 Å². The van der Waals surface area contributed by atoms with E-state index >= 15 is 0 Å². The second-order valence-electron chi connectivity index (χ2n) is 5.19. The fourth-order valence-corrected chi connectivity index (χ4v) is 2.33. The Hall–Kier alpha value is -2.82. The fourth-order valence-electron chi connectivity index (χ4n) is 2.33. The second kappa shape index (κ2) is 5.18. The van der Waals surface area contributed by atoms with Crippen molar-refractivity contribution in [1.82, 2.24) is 10.1 Å². The molecule has 0 bridgehead atoms. The number of rotatable bonds is 2. The summed E-state index contributed by atoms with van der Waals surface area (Å²) < 4.78 is 16.9. The SMILES string of the molecule is Cc1ccc(-c2noc([C@@H]3COc4ccccc4O3)n2)cc1. The number of aromatic nitrogens is 2. The van der Waals surface area contributed by atoms with E-state index in [1.165, 1.54) is 5.56 Å². The van der Waals surface area contributed by atoms with Gasteiger partial charge in [0, 0.05) is 5.56 Å². The lowest BCUT2D eigenvalue weighted by atomic mass is 10.1. The Morgan fingerprint density at radius 3 is 2.59 bits per heavy atom. The molecule has 4 rings (SSSR count). The third-order valence-electron chi connectivity index (χ3n) is 3.54. The van der Waals surface area contributed by atoms with Crippen molar-refractivity contribution in [3.05, 3.63) is 60.0 Å². The molecule has 5 nitrogen and oxygen atoms in total. The van der Waals surface area contributed by atoms with E-state index in [-0.39, 0.29) is 6.10 Å². The van der Waals surface area contributed by atoms with Crippen molar-refractivity contribution >= 4 is 0 Å². The fraction of sp³-hybridized carbons (Fsp3) is 0.176. The molecule has 22 heavy (non-hydrogen) atoms. The van der Waals surface area contributed by atoms with Gasteiger partial charge in [0.15, 0.2) is 11.5 Å². The first-order chi connectivity index (χ1) is 10.8. The Labute approximate surface area is 127 Å². The lowest BCUT2D eigenvalue weighted by Crippen LogP contribution is -2.21. The highest BCUT2D eigenvalue weighted by Gasteiger charge is 2.27. The summed E-state index contributed by atoms with van der Waals surface area (Å²) in [7, 11) is 0. The standard InChI is InChI=1S/C17H14N2O3/c1-11-6-8-12(9-7-11)16-18-17(22-19-16)15-10-20-13-4-2-3-5-14(13)21-15/h2-9,15H,10H2,1H3/t15-/m0/s1. The molecule has 0 aliphatic carbocycles. The van der Waals surface area contributed by atoms with Gasteiger partial charge in [-0.2, -0.15) is 4.98 Å². The Kier molecular flexibility index (Phi) is 3.04. The lowest BCUT2D eigenvalue weighted by molar-refractivity contribution is 0.0665. The van der Waals surface area contributed by atoms with Crippen LogP contribution in [0.3, 0.4) is 0 Å². The number of para-hydroxylation sites is 2. The van der Waals surface area contributed by atoms with Crippen LogP contribution < -0.4 is 9.47 Å². The average molecular weight is 294 g/mol. The molecular weight excluding hydrogens is 280 g/mol. The van der Waals surface area contributed by atoms with E-state index in [1.807, 2.05) is 55.5 Å². The molecule has 0 fully saturated rings. The Morgan fingerprint density at radius 2 is 1.77 bits per heavy atom. The maximum atomic E-state index is 5.87. The molecule has 2 heterocycles. The summed E-state index contributed by atoms with van der Waals surface area (Å²) >= 11 is 0. The van der Waals surface area contributed by atoms with E-state index in [2.05, 4.69) is 10.1 Å². The summed E-state index contributed by atoms with van der Waals surface area (Å²) in [6, 6.07) is 15.5. The molecule has 0 spiro atoms. The molecule has 0 radical (unpaired) electrons. The summed E-state index contributed by atoms with van der Waals surface area (Å²) in [6.07, 6.45) is -0.387. The normalized spacial score (nSPS) is 16.5. The van der Waals surface area contributed by atoms with Crippen LogP contribution in [0.2, 0.25) is 0 Å². The van der Waals surface area contributed by atoms with Gasteiger partial charge >= 0.3 is 0 Å². The smallest absolute Gasteiger partial charge is 0.271 e. The van der Waals surface area contributed by atoms with Gasteiger partial charge in [-0.1, -0.05) is 47.1 Å². The molecule has 2 aromatic carbocycles. The highest BCUT2D eigenvalue weighted by molar-refractivity contribution is 5.54. The third kappa shape index (κ3) is 2.30. The van der Waals surface area contributed by atoms with Gasteiger partial charge in [-0.3, -0.25) is 0 Å². The highest BCUT2D eigenvalue weighted by Crippen LogP contribution is 2.35. The maximum absolute atomic E-state index is 5.87. The minimum Gasteiger partial charge on any atom is -0.485 e. The molecule has 1 aromatic heterocycles. The maximum Gasteiger partial charge on any atom is 0.271 e. The van der Waals surface area contributed by atoms with Crippen molar-refractivity contribution in [3.8, 4) is 22.9 Å². The number of benzene rings is 2. The number of hydrogen-bond donors (Lipinski definition) is 0. The van der Waals surface area contributed by atoms with E-state index < -0.39 is 0 Å². The van der Waals surface area contributed by atoms with E-state index in [9.17, 15) is 0 Å². The van der Waals surface area contributed by atoms with Crippen molar-refractivity contribution in [3.63, 3.8) is 0 Å². The van der Waals surface area contributed by atoms with Crippen LogP contribution in [0.5, 0.6) is 11.5 Å². The second-order valence-corrected chi connectivity index (χ2v) is 5.19. The van der Waals surface area contributed by atoms with Gasteiger partial charge < -0.3 is 14.0 Å². The average Bonchev–Trinajstić information content (AvgIpc) is 3.05. The molecule has 110 valence electrons. The summed E-state index contributed by atoms with van der Waals surface area (Å²) in [5, 5.41) is 4.03. The molecule has 0 amide bonds. The summed E-state index contributed by atoms with van der Waals surface area (Å²) in [5.41, 5.74) is 2.10. The molecule has 5 heteroatoms. The van der Waals surface area contributed by atoms with Crippen molar-refractivity contribution in [2.75, 3.05) is 6.61 Å². The Bertz CT molecular complexity index is 796. The molecular formula is C17H14N2O3. The van der Waals surface area contributed by atoms with Gasteiger partial charge in [-0.25, -0.2) is 0 Å². The zero-order valence-electron chi connectivity index (χ0n) is 12.0. The molecule has 0 unspecified atom stereocenters. The number of aryl methyl sites for hydroxylation is 1. The van der Waals surface area contributed by atoms with Crippen LogP contribution in [-0.2, 0) is 0 Å². The van der Waals surface area contributed by atoms with Gasteiger partial charge in [0.2, 0.25) is 11.9 Å². The summed E-state index contributed by atoms with van der Waals surface area (Å²) in [5.74, 6) is 2.40. The van der Waals surface area contributed by atoms with Crippen LogP contribution in [-0.4, -0.2) is 16.7 Å². The van der Waals surface area contributed by atoms with Gasteiger partial charge in [-0.05, 0) is 19.1 Å². The van der Waals surface area contributed by atoms with Crippen molar-refractivity contribution in [2.45, 2.75) is 13.0 Å². The predicted molar refractivity (Wildman–Crippen MR) is 79.8 cm³/mol. The van der Waals surface area contributed by atoms with Crippen LogP contribution >= 0.6 is 0 Å². The van der Waals surface area contributed by atoms with Crippen LogP contribution in [0.1, 0.15) is 17.6 Å². The number of fused-ring (bicyclic) bond motifs is 1. The van der Waals surface area contributed by atoms with E-state index in [1.54, 1.807) is 0 Å². The molecule has 1 atom stereocenters. The topological polar surface area (TPSA) is 57.4 Å². The number of ether oxygens (including phenoxy) is 2. The van der Waals surface area contributed by atoms with Crippen molar-refractivity contribution in [2.24, 2.45) is 0 Å². The molecule has 0 N–H and O–H groups in total. The Morgan fingerprint density at radius 1 is 1.00 bits per heavy atom. The minimum absolute atomic E-state index is 0.354. The van der Waals surface area contributed by atoms with E-state index in [0.717, 1.165) is 11.3 Å². The van der Waals surface area contributed by atoms with E-state index in [0.29, 0.717) is 24.1 Å². The van der Waals surface area contributed by atoms with Crippen LogP contribution in [0, 0.1) is 6.92 Å². The zero-order valence-corrected chi connectivity index (χ0v) is 12.0. The van der Waals surface area contributed by atoms with Gasteiger partial charge in [0.05, 0.1) is 0 Å². The lowest BCUT2D eigenvalue weighted by Gasteiger charge is -2.23. The third-order valence-corrected chi connectivity index (χ3v) is 3.54. The quantitative estimate of drug-likeness (QED) is 0.723. The summed E-state index contributed by atoms with van der Waals surface area (Å²) in [4.78, 5) is 4.42. The first-order valence-electron chi connectivity index (χ1n) is 7.09. The molecule has 0 saturated carbocycles. The largest absolute Gasteiger partial charge is 0.485 e. The molecule has 0 saturated heterocycles.